The van der Waals surface area contributed by atoms with Crippen molar-refractivity contribution >= 4 is 5.78 Å². The van der Waals surface area contributed by atoms with Crippen LogP contribution in [0.25, 0.3) is 0 Å². The van der Waals surface area contributed by atoms with Crippen LogP contribution in [0.3, 0.4) is 0 Å². The molecule has 0 aliphatic rings. The topological polar surface area (TPSA) is 42.0 Å². The number of nitrogens with zero attached hydrogens (tertiary/aromatic N) is 1. The molecular weight excluding hydrogens is 170 g/mol. The molecule has 0 atom stereocenters. The molecule has 0 bridgehead atoms. The fraction of sp³-hybridized carbons (Fsp3) is 0.400. The van der Waals surface area contributed by atoms with Gasteiger partial charge in [-0.1, -0.05) is 0 Å². The van der Waals surface area contributed by atoms with Crippen LogP contribution in [-0.4, -0.2) is 24.4 Å². The van der Waals surface area contributed by atoms with Crippen LogP contribution in [-0.2, 0) is 0 Å². The van der Waals surface area contributed by atoms with Crippen molar-refractivity contribution in [3.05, 3.63) is 30.1 Å². The predicted octanol–water partition coefficient (Wildman–Crippen LogP) is 1.26. The number of aromatic nitrogens is 1. The van der Waals surface area contributed by atoms with E-state index < -0.39 is 0 Å². The summed E-state index contributed by atoms with van der Waals surface area (Å²) in [5, 5.41) is 3.01. The lowest BCUT2D eigenvalue weighted by molar-refractivity contribution is 0.0980. The Labute approximate surface area is 78.2 Å². The minimum absolute atomic E-state index is 0.170. The van der Waals surface area contributed by atoms with E-state index >= 15 is 0 Å². The van der Waals surface area contributed by atoms with E-state index in [2.05, 4.69) is 10.3 Å². The zero-order chi connectivity index (χ0) is 9.52. The molecule has 70 valence electrons. The summed E-state index contributed by atoms with van der Waals surface area (Å²) in [5.41, 5.74) is 0.707. The zero-order valence-electron chi connectivity index (χ0n) is 7.79. The second kappa shape index (κ2) is 5.43. The Morgan fingerprint density at radius 2 is 2.46 bits per heavy atom. The van der Waals surface area contributed by atoms with Gasteiger partial charge in [0.05, 0.1) is 0 Å². The first-order valence-corrected chi connectivity index (χ1v) is 4.42. The van der Waals surface area contributed by atoms with Gasteiger partial charge >= 0.3 is 0 Å². The smallest absolute Gasteiger partial charge is 0.164 e. The summed E-state index contributed by atoms with van der Waals surface area (Å²) >= 11 is 0. The van der Waals surface area contributed by atoms with Crippen LogP contribution in [0.2, 0.25) is 0 Å². The Morgan fingerprint density at radius 3 is 3.08 bits per heavy atom. The minimum Gasteiger partial charge on any atom is -0.320 e. The van der Waals surface area contributed by atoms with Crippen LogP contribution in [0.15, 0.2) is 24.5 Å². The van der Waals surface area contributed by atoms with Gasteiger partial charge in [0.25, 0.3) is 0 Å². The molecule has 0 saturated heterocycles. The maximum absolute atomic E-state index is 11.5. The Morgan fingerprint density at radius 1 is 1.62 bits per heavy atom. The highest BCUT2D eigenvalue weighted by atomic mass is 16.2. The van der Waals surface area contributed by atoms with Gasteiger partial charge in [0, 0.05) is 24.4 Å². The van der Waals surface area contributed by atoms with Crippen LogP contribution in [0.4, 0.5) is 0 Å². The molecule has 1 N–H and O–H groups in total. The Kier molecular flexibility index (Phi) is 4.12. The normalized spacial score (nSPS) is 9.92. The van der Waals surface area contributed by atoms with Gasteiger partial charge in [-0.15, -0.1) is 0 Å². The standard InChI is InChI=1S/C10H14N2O/c1-11-6-3-5-10(13)9-4-2-7-12-8-9/h2,4,7-8,11H,3,5-6H2,1H3/i2+1,4+1,7+1,8+1,9+1,10+1. The number of hydrogen-bond acceptors (Lipinski definition) is 3. The van der Waals surface area contributed by atoms with Crippen molar-refractivity contribution in [2.45, 2.75) is 12.8 Å². The Bertz CT molecular complexity index is 259. The summed E-state index contributed by atoms with van der Waals surface area (Å²) in [5.74, 6) is 0.170. The van der Waals surface area contributed by atoms with Gasteiger partial charge in [0.2, 0.25) is 0 Å². The molecule has 0 radical (unpaired) electrons. The van der Waals surface area contributed by atoms with Crippen molar-refractivity contribution in [3.8, 4) is 0 Å². The molecule has 0 amide bonds. The number of hydrogen-bond donors (Lipinski definition) is 1. The third-order valence-electron chi connectivity index (χ3n) is 1.81. The SMILES string of the molecule is CNCCC[13C](=O)[13c]1[13cH][13cH][13cH]n[13cH]1. The first-order chi connectivity index (χ1) is 6.34. The predicted molar refractivity (Wildman–Crippen MR) is 51.7 cm³/mol. The molecule has 13 heavy (non-hydrogen) atoms. The summed E-state index contributed by atoms with van der Waals surface area (Å²) in [6.45, 7) is 0.881. The van der Waals surface area contributed by atoms with Gasteiger partial charge in [-0.05, 0) is 32.1 Å². The molecule has 0 unspecified atom stereocenters. The number of pyridine rings is 1. The molecule has 1 rings (SSSR count). The van der Waals surface area contributed by atoms with E-state index in [0.29, 0.717) is 12.0 Å². The number of nitrogens with one attached hydrogen (secondary N) is 1. The zero-order valence-corrected chi connectivity index (χ0v) is 7.79. The van der Waals surface area contributed by atoms with E-state index in [1.54, 1.807) is 24.5 Å². The number of carbonyl (C=O) groups is 1. The van der Waals surface area contributed by atoms with Crippen LogP contribution in [0.1, 0.15) is 23.2 Å². The average Bonchev–Trinajstić information content (AvgIpc) is 2.19. The average molecular weight is 184 g/mol. The van der Waals surface area contributed by atoms with Crippen molar-refractivity contribution < 1.29 is 4.79 Å². The molecule has 3 nitrogen and oxygen atoms in total. The van der Waals surface area contributed by atoms with E-state index in [0.717, 1.165) is 13.0 Å². The lowest BCUT2D eigenvalue weighted by atomic mass is 10.4. The number of rotatable bonds is 5. The first-order valence-electron chi connectivity index (χ1n) is 4.42. The largest absolute Gasteiger partial charge is 0.320 e. The van der Waals surface area contributed by atoms with Crippen molar-refractivity contribution in [1.29, 1.82) is 0 Å². The Balaban J connectivity index is 2.40. The summed E-state index contributed by atoms with van der Waals surface area (Å²) < 4.78 is 0. The van der Waals surface area contributed by atoms with E-state index in [-0.39, 0.29) is 5.78 Å². The van der Waals surface area contributed by atoms with Gasteiger partial charge in [-0.25, -0.2) is 0 Å². The molecule has 0 aromatic carbocycles. The fourth-order valence-electron chi connectivity index (χ4n) is 1.10. The van der Waals surface area contributed by atoms with E-state index in [1.807, 2.05) is 7.05 Å². The molecule has 1 aromatic rings. The highest BCUT2D eigenvalue weighted by molar-refractivity contribution is 5.95. The quantitative estimate of drug-likeness (QED) is 0.425. The lowest BCUT2D eigenvalue weighted by Crippen LogP contribution is -2.10. The molecule has 0 fully saturated rings. The summed E-state index contributed by atoms with van der Waals surface area (Å²) in [6.07, 6.45) is 4.75. The maximum atomic E-state index is 11.5. The van der Waals surface area contributed by atoms with Gasteiger partial charge < -0.3 is 5.32 Å². The molecular formula is C10H14N2O. The number of Topliss-reactive ketones (excluding diaryl/α,β-unsaturated/α-hetero) is 1. The first kappa shape index (κ1) is 9.86. The highest BCUT2D eigenvalue weighted by Crippen LogP contribution is 2.02. The molecule has 1 heterocycles. The second-order valence-corrected chi connectivity index (χ2v) is 2.87. The van der Waals surface area contributed by atoms with Crippen LogP contribution < -0.4 is 5.32 Å². The van der Waals surface area contributed by atoms with Gasteiger partial charge in [-0.3, -0.25) is 9.78 Å². The molecule has 1 aromatic heterocycles. The van der Waals surface area contributed by atoms with Crippen molar-refractivity contribution in [3.63, 3.8) is 0 Å². The summed E-state index contributed by atoms with van der Waals surface area (Å²) in [6, 6.07) is 3.58. The molecule has 0 saturated carbocycles. The van der Waals surface area contributed by atoms with Gasteiger partial charge in [0.15, 0.2) is 5.78 Å². The third-order valence-corrected chi connectivity index (χ3v) is 1.81. The minimum atomic E-state index is 0.170. The van der Waals surface area contributed by atoms with Crippen LogP contribution in [0, 0.1) is 0 Å². The maximum Gasteiger partial charge on any atom is 0.164 e. The molecule has 0 aliphatic carbocycles. The summed E-state index contributed by atoms with van der Waals surface area (Å²) in [7, 11) is 1.88. The van der Waals surface area contributed by atoms with Crippen molar-refractivity contribution in [2.24, 2.45) is 0 Å². The molecule has 3 heteroatoms. The summed E-state index contributed by atoms with van der Waals surface area (Å²) in [4.78, 5) is 15.3. The molecule has 0 aliphatic heterocycles. The van der Waals surface area contributed by atoms with Gasteiger partial charge in [-0.2, -0.15) is 0 Å². The van der Waals surface area contributed by atoms with Crippen molar-refractivity contribution in [2.75, 3.05) is 13.6 Å². The lowest BCUT2D eigenvalue weighted by Gasteiger charge is -1.99. The number of ketones is 1. The second-order valence-electron chi connectivity index (χ2n) is 2.87. The third kappa shape index (κ3) is 3.34. The van der Waals surface area contributed by atoms with Gasteiger partial charge in [0.1, 0.15) is 0 Å². The monoisotopic (exact) mass is 184 g/mol. The van der Waals surface area contributed by atoms with Crippen LogP contribution >= 0.6 is 0 Å². The van der Waals surface area contributed by atoms with E-state index in [9.17, 15) is 4.79 Å². The van der Waals surface area contributed by atoms with E-state index in [1.165, 1.54) is 0 Å². The van der Waals surface area contributed by atoms with Crippen molar-refractivity contribution in [1.82, 2.24) is 10.3 Å². The molecule has 0 spiro atoms. The van der Waals surface area contributed by atoms with E-state index in [4.69, 9.17) is 0 Å². The number of carbonyl (C=O) groups excluding carboxylic acids is 1. The highest BCUT2D eigenvalue weighted by Gasteiger charge is 2.03. The fourth-order valence-corrected chi connectivity index (χ4v) is 1.10. The Hall–Kier alpha value is -1.22. The van der Waals surface area contributed by atoms with Crippen LogP contribution in [0.5, 0.6) is 0 Å².